The van der Waals surface area contributed by atoms with Crippen LogP contribution in [0.2, 0.25) is 0 Å². The van der Waals surface area contributed by atoms with Crippen molar-refractivity contribution in [3.63, 3.8) is 0 Å². The van der Waals surface area contributed by atoms with Crippen LogP contribution in [0.1, 0.15) is 40.0 Å². The van der Waals surface area contributed by atoms with Gasteiger partial charge < -0.3 is 21.5 Å². The molecule has 0 fully saturated rings. The molecule has 0 aliphatic rings. The van der Waals surface area contributed by atoms with Gasteiger partial charge in [0.05, 0.1) is 0 Å². The van der Waals surface area contributed by atoms with Crippen molar-refractivity contribution in [2.24, 2.45) is 0 Å². The molecule has 0 saturated heterocycles. The first-order chi connectivity index (χ1) is 5.74. The molecule has 14 heavy (non-hydrogen) atoms. The van der Waals surface area contributed by atoms with Gasteiger partial charge in [0.1, 0.15) is 0 Å². The molecule has 0 spiro atoms. The number of rotatable bonds is 3. The van der Waals surface area contributed by atoms with Crippen LogP contribution in [0.25, 0.3) is 0 Å². The Morgan fingerprint density at radius 2 is 0.714 bits per heavy atom. The van der Waals surface area contributed by atoms with Gasteiger partial charge in [-0.15, -0.1) is 0 Å². The molecule has 0 aliphatic heterocycles. The summed E-state index contributed by atoms with van der Waals surface area (Å²) in [5, 5.41) is 23.6. The Morgan fingerprint density at radius 1 is 0.643 bits per heavy atom. The van der Waals surface area contributed by atoms with Crippen LogP contribution in [-0.2, 0) is 0 Å². The van der Waals surface area contributed by atoms with Crippen LogP contribution in [0, 0.1) is 0 Å². The van der Waals surface area contributed by atoms with E-state index in [1.807, 2.05) is 20.8 Å². The van der Waals surface area contributed by atoms with E-state index in [9.17, 15) is 0 Å². The number of hydrogen-bond acceptors (Lipinski definition) is 4. The maximum atomic E-state index is 7.88. The van der Waals surface area contributed by atoms with Gasteiger partial charge in [-0.1, -0.05) is 20.8 Å². The van der Waals surface area contributed by atoms with Gasteiger partial charge in [0.2, 0.25) is 0 Å². The van der Waals surface area contributed by atoms with Crippen LogP contribution < -0.4 is 6.15 Å². The Labute approximate surface area is 100 Å². The summed E-state index contributed by atoms with van der Waals surface area (Å²) in [5.41, 5.74) is 0. The van der Waals surface area contributed by atoms with Crippen LogP contribution in [-0.4, -0.2) is 54.0 Å². The average molecular weight is 205 g/mol. The van der Waals surface area contributed by atoms with Crippen molar-refractivity contribution >= 4 is 18.9 Å². The molecule has 0 aromatic carbocycles. The zero-order chi connectivity index (χ0) is 10.2. The van der Waals surface area contributed by atoms with Gasteiger partial charge in [0.25, 0.3) is 0 Å². The summed E-state index contributed by atoms with van der Waals surface area (Å²) >= 11 is 0. The monoisotopic (exact) mass is 205 g/mol. The number of hydrogen-bond donors (Lipinski definition) is 4. The molecule has 5 heteroatoms. The number of aliphatic hydroxyl groups excluding tert-OH is 3. The van der Waals surface area contributed by atoms with Gasteiger partial charge in [-0.05, 0) is 19.3 Å². The standard InChI is InChI=1S/3C3H8O.Li.H3N.H/c3*1-2-3-4;;;/h3*4H,2-3H2,1H3;;1H3;. The van der Waals surface area contributed by atoms with Gasteiger partial charge in [0.15, 0.2) is 0 Å². The van der Waals surface area contributed by atoms with Crippen LogP contribution >= 0.6 is 0 Å². The molecule has 6 N–H and O–H groups in total. The second-order valence-corrected chi connectivity index (χ2v) is 2.17. The molecular weight excluding hydrogens is 177 g/mol. The zero-order valence-corrected chi connectivity index (χ0v) is 9.29. The van der Waals surface area contributed by atoms with E-state index in [0.29, 0.717) is 19.8 Å². The van der Waals surface area contributed by atoms with Crippen molar-refractivity contribution in [1.29, 1.82) is 0 Å². The van der Waals surface area contributed by atoms with Crippen molar-refractivity contribution in [2.45, 2.75) is 40.0 Å². The summed E-state index contributed by atoms with van der Waals surface area (Å²) in [6.45, 7) is 6.75. The van der Waals surface area contributed by atoms with Crippen molar-refractivity contribution in [1.82, 2.24) is 6.15 Å². The molecule has 0 saturated carbocycles. The predicted molar refractivity (Wildman–Crippen MR) is 64.3 cm³/mol. The van der Waals surface area contributed by atoms with Crippen molar-refractivity contribution in [3.05, 3.63) is 0 Å². The topological polar surface area (TPSA) is 95.7 Å². The van der Waals surface area contributed by atoms with Crippen LogP contribution in [0.5, 0.6) is 0 Å². The van der Waals surface area contributed by atoms with E-state index in [2.05, 4.69) is 0 Å². The minimum absolute atomic E-state index is 0. The van der Waals surface area contributed by atoms with E-state index in [-0.39, 0.29) is 25.0 Å². The first kappa shape index (κ1) is 29.3. The number of aliphatic hydroxyl groups is 3. The Kier molecular flexibility index (Phi) is 105. The van der Waals surface area contributed by atoms with E-state index in [1.54, 1.807) is 0 Å². The van der Waals surface area contributed by atoms with Crippen molar-refractivity contribution < 1.29 is 15.3 Å². The second kappa shape index (κ2) is 50.2. The van der Waals surface area contributed by atoms with Crippen molar-refractivity contribution in [2.75, 3.05) is 19.8 Å². The fraction of sp³-hybridized carbons (Fsp3) is 1.00. The molecule has 0 heterocycles. The summed E-state index contributed by atoms with van der Waals surface area (Å²) in [4.78, 5) is 0. The van der Waals surface area contributed by atoms with E-state index < -0.39 is 0 Å². The van der Waals surface area contributed by atoms with E-state index in [0.717, 1.165) is 19.3 Å². The van der Waals surface area contributed by atoms with Gasteiger partial charge in [-0.2, -0.15) is 0 Å². The van der Waals surface area contributed by atoms with Crippen LogP contribution in [0.4, 0.5) is 0 Å². The molecule has 0 rings (SSSR count). The molecule has 0 aromatic rings. The van der Waals surface area contributed by atoms with Gasteiger partial charge >= 0.3 is 18.9 Å². The normalized spacial score (nSPS) is 6.43. The molecule has 0 atom stereocenters. The fourth-order valence-corrected chi connectivity index (χ4v) is 0. The first-order valence-electron chi connectivity index (χ1n) is 4.57. The Morgan fingerprint density at radius 3 is 0.714 bits per heavy atom. The SMILES string of the molecule is CCCO.CCCO.CCCO.N.[LiH]. The predicted octanol–water partition coefficient (Wildman–Crippen LogP) is 0.680. The summed E-state index contributed by atoms with van der Waals surface area (Å²) in [6, 6.07) is 0. The summed E-state index contributed by atoms with van der Waals surface area (Å²) in [6.07, 6.45) is 2.62. The maximum absolute atomic E-state index is 7.88. The molecule has 88 valence electrons. The summed E-state index contributed by atoms with van der Waals surface area (Å²) in [5.74, 6) is 0. The molecule has 0 unspecified atom stereocenters. The van der Waals surface area contributed by atoms with E-state index in [1.165, 1.54) is 0 Å². The molecule has 0 bridgehead atoms. The minimum atomic E-state index is 0. The van der Waals surface area contributed by atoms with Crippen LogP contribution in [0.15, 0.2) is 0 Å². The van der Waals surface area contributed by atoms with E-state index in [4.69, 9.17) is 15.3 Å². The average Bonchev–Trinajstić information content (AvgIpc) is 2.18. The third kappa shape index (κ3) is 138. The quantitative estimate of drug-likeness (QED) is 0.509. The van der Waals surface area contributed by atoms with Crippen molar-refractivity contribution in [3.8, 4) is 0 Å². The molecule has 0 radical (unpaired) electrons. The Balaban J connectivity index is -0.0000000270. The molecule has 4 nitrogen and oxygen atoms in total. The van der Waals surface area contributed by atoms with E-state index >= 15 is 0 Å². The zero-order valence-electron chi connectivity index (χ0n) is 9.29. The molecule has 0 aromatic heterocycles. The summed E-state index contributed by atoms with van der Waals surface area (Å²) < 4.78 is 0. The van der Waals surface area contributed by atoms with Gasteiger partial charge in [0, 0.05) is 19.8 Å². The summed E-state index contributed by atoms with van der Waals surface area (Å²) in [7, 11) is 0. The molecular formula is C9H28LiNO3. The Bertz CT molecular complexity index is 35.5. The molecule has 0 aliphatic carbocycles. The first-order valence-corrected chi connectivity index (χ1v) is 4.57. The third-order valence-electron chi connectivity index (χ3n) is 0.671. The van der Waals surface area contributed by atoms with Gasteiger partial charge in [-0.3, -0.25) is 0 Å². The third-order valence-corrected chi connectivity index (χ3v) is 0.671. The second-order valence-electron chi connectivity index (χ2n) is 2.17. The fourth-order valence-electron chi connectivity index (χ4n) is 0. The van der Waals surface area contributed by atoms with Gasteiger partial charge in [-0.25, -0.2) is 0 Å². The molecule has 0 amide bonds. The van der Waals surface area contributed by atoms with Crippen LogP contribution in [0.3, 0.4) is 0 Å². The Hall–Kier alpha value is 0.437.